The number of hydrogen-bond acceptors (Lipinski definition) is 1. The molecule has 1 aliphatic rings. The molecule has 0 atom stereocenters. The van der Waals surface area contributed by atoms with E-state index in [1.165, 1.54) is 0 Å². The Morgan fingerprint density at radius 1 is 1.06 bits per heavy atom. The average molecular weight is 213 g/mol. The fourth-order valence-electron chi connectivity index (χ4n) is 2.16. The minimum absolute atomic E-state index is 0.131. The second kappa shape index (κ2) is 3.63. The van der Waals surface area contributed by atoms with Crippen molar-refractivity contribution in [3.8, 4) is 11.1 Å². The zero-order chi connectivity index (χ0) is 11.0. The van der Waals surface area contributed by atoms with Crippen LogP contribution in [0.3, 0.4) is 0 Å². The molecular weight excluding hydrogens is 201 g/mol. The van der Waals surface area contributed by atoms with Crippen molar-refractivity contribution in [3.05, 3.63) is 53.8 Å². The van der Waals surface area contributed by atoms with Gasteiger partial charge in [-0.3, -0.25) is 0 Å². The fraction of sp³-hybridized carbons (Fsp3) is 0.143. The molecule has 0 bridgehead atoms. The van der Waals surface area contributed by atoms with E-state index in [1.807, 2.05) is 36.4 Å². The van der Waals surface area contributed by atoms with E-state index in [2.05, 4.69) is 5.32 Å². The lowest BCUT2D eigenvalue weighted by atomic mass is 10.0. The van der Waals surface area contributed by atoms with Crippen LogP contribution in [0.4, 0.5) is 10.1 Å². The number of nitrogens with one attached hydrogen (secondary N) is 1. The summed E-state index contributed by atoms with van der Waals surface area (Å²) in [5.41, 5.74) is 3.75. The molecule has 0 radical (unpaired) electrons. The minimum atomic E-state index is -0.131. The van der Waals surface area contributed by atoms with Crippen molar-refractivity contribution in [2.45, 2.75) is 6.42 Å². The predicted octanol–water partition coefficient (Wildman–Crippen LogP) is 3.46. The van der Waals surface area contributed by atoms with Crippen LogP contribution in [0.5, 0.6) is 0 Å². The molecule has 2 aromatic rings. The summed E-state index contributed by atoms with van der Waals surface area (Å²) >= 11 is 0. The molecule has 0 saturated heterocycles. The van der Waals surface area contributed by atoms with Crippen molar-refractivity contribution < 1.29 is 4.39 Å². The maximum Gasteiger partial charge on any atom is 0.131 e. The summed E-state index contributed by atoms with van der Waals surface area (Å²) in [6.07, 6.45) is 0.918. The molecular formula is C14H12FN. The van der Waals surface area contributed by atoms with Gasteiger partial charge in [0.2, 0.25) is 0 Å². The Kier molecular flexibility index (Phi) is 2.13. The standard InChI is InChI=1S/C14H12FN/c15-13-8-11-6-7-16-14(11)9-12(13)10-4-2-1-3-5-10/h1-5,8-9,16H,6-7H2. The van der Waals surface area contributed by atoms with Crippen LogP contribution in [0.1, 0.15) is 5.56 Å². The van der Waals surface area contributed by atoms with Gasteiger partial charge in [0.15, 0.2) is 0 Å². The Bertz CT molecular complexity index is 520. The third kappa shape index (κ3) is 1.47. The first-order valence-electron chi connectivity index (χ1n) is 5.46. The van der Waals surface area contributed by atoms with E-state index in [0.717, 1.165) is 29.8 Å². The zero-order valence-corrected chi connectivity index (χ0v) is 8.83. The predicted molar refractivity (Wildman–Crippen MR) is 64.0 cm³/mol. The Morgan fingerprint density at radius 3 is 2.69 bits per heavy atom. The molecule has 0 aromatic heterocycles. The van der Waals surface area contributed by atoms with Crippen LogP contribution < -0.4 is 5.32 Å². The normalized spacial score (nSPS) is 13.3. The second-order valence-electron chi connectivity index (χ2n) is 4.03. The second-order valence-corrected chi connectivity index (χ2v) is 4.03. The van der Waals surface area contributed by atoms with E-state index in [-0.39, 0.29) is 5.82 Å². The van der Waals surface area contributed by atoms with Crippen LogP contribution in [-0.2, 0) is 6.42 Å². The Hall–Kier alpha value is -1.83. The monoisotopic (exact) mass is 213 g/mol. The molecule has 16 heavy (non-hydrogen) atoms. The van der Waals surface area contributed by atoms with Gasteiger partial charge in [0, 0.05) is 17.8 Å². The third-order valence-corrected chi connectivity index (χ3v) is 2.99. The first-order valence-corrected chi connectivity index (χ1v) is 5.46. The number of hydrogen-bond donors (Lipinski definition) is 1. The van der Waals surface area contributed by atoms with Crippen LogP contribution in [0.2, 0.25) is 0 Å². The molecule has 0 amide bonds. The van der Waals surface area contributed by atoms with Gasteiger partial charge in [-0.15, -0.1) is 0 Å². The molecule has 3 rings (SSSR count). The summed E-state index contributed by atoms with van der Waals surface area (Å²) in [6, 6.07) is 13.2. The summed E-state index contributed by atoms with van der Waals surface area (Å²) in [7, 11) is 0. The molecule has 0 saturated carbocycles. The van der Waals surface area contributed by atoms with E-state index in [4.69, 9.17) is 0 Å². The van der Waals surface area contributed by atoms with Crippen molar-refractivity contribution in [2.24, 2.45) is 0 Å². The molecule has 2 heteroatoms. The average Bonchev–Trinajstić information content (AvgIpc) is 2.76. The highest BCUT2D eigenvalue weighted by atomic mass is 19.1. The molecule has 0 unspecified atom stereocenters. The molecule has 1 nitrogen and oxygen atoms in total. The lowest BCUT2D eigenvalue weighted by Crippen LogP contribution is -1.91. The van der Waals surface area contributed by atoms with Crippen LogP contribution in [0.15, 0.2) is 42.5 Å². The molecule has 1 aliphatic heterocycles. The SMILES string of the molecule is Fc1cc2c(cc1-c1ccccc1)NCC2. The van der Waals surface area contributed by atoms with Gasteiger partial charge in [-0.2, -0.15) is 0 Å². The molecule has 0 spiro atoms. The van der Waals surface area contributed by atoms with Gasteiger partial charge in [-0.25, -0.2) is 4.39 Å². The highest BCUT2D eigenvalue weighted by molar-refractivity contribution is 5.71. The van der Waals surface area contributed by atoms with Crippen LogP contribution in [0, 0.1) is 5.82 Å². The van der Waals surface area contributed by atoms with E-state index < -0.39 is 0 Å². The topological polar surface area (TPSA) is 12.0 Å². The largest absolute Gasteiger partial charge is 0.384 e. The Morgan fingerprint density at radius 2 is 1.88 bits per heavy atom. The maximum absolute atomic E-state index is 13.9. The van der Waals surface area contributed by atoms with Gasteiger partial charge in [-0.05, 0) is 29.7 Å². The molecule has 0 aliphatic carbocycles. The van der Waals surface area contributed by atoms with Gasteiger partial charge < -0.3 is 5.32 Å². The van der Waals surface area contributed by atoms with Crippen LogP contribution in [0.25, 0.3) is 11.1 Å². The van der Waals surface area contributed by atoms with Crippen LogP contribution >= 0.6 is 0 Å². The quantitative estimate of drug-likeness (QED) is 0.765. The first-order chi connectivity index (χ1) is 7.84. The lowest BCUT2D eigenvalue weighted by molar-refractivity contribution is 0.630. The van der Waals surface area contributed by atoms with Crippen molar-refractivity contribution in [1.82, 2.24) is 0 Å². The van der Waals surface area contributed by atoms with Crippen molar-refractivity contribution >= 4 is 5.69 Å². The van der Waals surface area contributed by atoms with Crippen molar-refractivity contribution in [3.63, 3.8) is 0 Å². The Balaban J connectivity index is 2.15. The van der Waals surface area contributed by atoms with Crippen LogP contribution in [-0.4, -0.2) is 6.54 Å². The van der Waals surface area contributed by atoms with Gasteiger partial charge in [0.05, 0.1) is 0 Å². The number of fused-ring (bicyclic) bond motifs is 1. The van der Waals surface area contributed by atoms with E-state index >= 15 is 0 Å². The smallest absolute Gasteiger partial charge is 0.131 e. The zero-order valence-electron chi connectivity index (χ0n) is 8.83. The molecule has 2 aromatic carbocycles. The first kappa shape index (κ1) is 9.40. The maximum atomic E-state index is 13.9. The van der Waals surface area contributed by atoms with Crippen molar-refractivity contribution in [1.29, 1.82) is 0 Å². The molecule has 80 valence electrons. The molecule has 0 fully saturated rings. The summed E-state index contributed by atoms with van der Waals surface area (Å²) < 4.78 is 13.9. The summed E-state index contributed by atoms with van der Waals surface area (Å²) in [5, 5.41) is 3.27. The van der Waals surface area contributed by atoms with E-state index in [1.54, 1.807) is 6.07 Å². The number of benzene rings is 2. The minimum Gasteiger partial charge on any atom is -0.384 e. The van der Waals surface area contributed by atoms with Gasteiger partial charge in [-0.1, -0.05) is 30.3 Å². The summed E-state index contributed by atoms with van der Waals surface area (Å²) in [5.74, 6) is -0.131. The number of halogens is 1. The highest BCUT2D eigenvalue weighted by Gasteiger charge is 2.14. The van der Waals surface area contributed by atoms with Crippen molar-refractivity contribution in [2.75, 3.05) is 11.9 Å². The van der Waals surface area contributed by atoms with E-state index in [9.17, 15) is 4.39 Å². The summed E-state index contributed by atoms with van der Waals surface area (Å²) in [6.45, 7) is 0.910. The summed E-state index contributed by atoms with van der Waals surface area (Å²) in [4.78, 5) is 0. The third-order valence-electron chi connectivity index (χ3n) is 2.99. The van der Waals surface area contributed by atoms with Gasteiger partial charge >= 0.3 is 0 Å². The number of rotatable bonds is 1. The molecule has 1 N–H and O–H groups in total. The fourth-order valence-corrected chi connectivity index (χ4v) is 2.16. The molecule has 1 heterocycles. The van der Waals surface area contributed by atoms with E-state index in [0.29, 0.717) is 5.56 Å². The highest BCUT2D eigenvalue weighted by Crippen LogP contribution is 2.31. The van der Waals surface area contributed by atoms with Gasteiger partial charge in [0.1, 0.15) is 5.82 Å². The lowest BCUT2D eigenvalue weighted by Gasteiger charge is -2.07. The Labute approximate surface area is 93.9 Å². The van der Waals surface area contributed by atoms with Gasteiger partial charge in [0.25, 0.3) is 0 Å². The number of anilines is 1.